The molecule has 10 heteroatoms. The van der Waals surface area contributed by atoms with E-state index < -0.39 is 37.1 Å². The number of hydrogen-bond acceptors (Lipinski definition) is 4. The molecule has 26 heavy (non-hydrogen) atoms. The molecule has 0 atom stereocenters. The maximum absolute atomic E-state index is 11.8. The molecule has 136 valence electrons. The van der Waals surface area contributed by atoms with Gasteiger partial charge in [0.2, 0.25) is 0 Å². The summed E-state index contributed by atoms with van der Waals surface area (Å²) in [6, 6.07) is 8.85. The molecule has 2 rings (SSSR count). The Kier molecular flexibility index (Phi) is 5.93. The largest absolute Gasteiger partial charge is 0.480 e. The molecule has 0 heterocycles. The summed E-state index contributed by atoms with van der Waals surface area (Å²) in [7, 11) is 0. The lowest BCUT2D eigenvalue weighted by Crippen LogP contribution is -2.35. The van der Waals surface area contributed by atoms with E-state index in [1.165, 1.54) is 0 Å². The van der Waals surface area contributed by atoms with Gasteiger partial charge in [-0.25, -0.2) is 9.59 Å². The summed E-state index contributed by atoms with van der Waals surface area (Å²) in [4.78, 5) is 44.7. The van der Waals surface area contributed by atoms with E-state index in [0.29, 0.717) is 0 Å². The molecule has 10 nitrogen and oxygen atoms in total. The van der Waals surface area contributed by atoms with Crippen LogP contribution in [0.2, 0.25) is 0 Å². The zero-order valence-corrected chi connectivity index (χ0v) is 13.4. The molecule has 0 fully saturated rings. The molecule has 0 radical (unpaired) electrons. The van der Waals surface area contributed by atoms with Gasteiger partial charge in [-0.3, -0.25) is 9.59 Å². The number of hydrogen-bond donors (Lipinski definition) is 6. The minimum atomic E-state index is -1.20. The first-order chi connectivity index (χ1) is 12.3. The highest BCUT2D eigenvalue weighted by molar-refractivity contribution is 6.04. The van der Waals surface area contributed by atoms with Gasteiger partial charge in [0.05, 0.1) is 11.4 Å². The predicted molar refractivity (Wildman–Crippen MR) is 93.3 cm³/mol. The van der Waals surface area contributed by atoms with Crippen molar-refractivity contribution in [3.63, 3.8) is 0 Å². The van der Waals surface area contributed by atoms with E-state index in [4.69, 9.17) is 10.2 Å². The van der Waals surface area contributed by atoms with Crippen LogP contribution >= 0.6 is 0 Å². The highest BCUT2D eigenvalue weighted by Crippen LogP contribution is 2.28. The number of nitrogens with one attached hydrogen (secondary N) is 4. The van der Waals surface area contributed by atoms with Crippen LogP contribution in [0, 0.1) is 0 Å². The van der Waals surface area contributed by atoms with E-state index in [0.717, 1.165) is 10.8 Å². The summed E-state index contributed by atoms with van der Waals surface area (Å²) >= 11 is 0. The maximum atomic E-state index is 11.8. The average Bonchev–Trinajstić information content (AvgIpc) is 2.58. The Labute approximate surface area is 147 Å². The van der Waals surface area contributed by atoms with Crippen LogP contribution < -0.4 is 21.3 Å². The van der Waals surface area contributed by atoms with Crippen molar-refractivity contribution in [2.45, 2.75) is 0 Å². The van der Waals surface area contributed by atoms with Gasteiger partial charge in [0.25, 0.3) is 0 Å². The molecule has 2 aromatic rings. The van der Waals surface area contributed by atoms with Crippen LogP contribution in [-0.2, 0) is 9.59 Å². The van der Waals surface area contributed by atoms with E-state index >= 15 is 0 Å². The van der Waals surface area contributed by atoms with Crippen molar-refractivity contribution in [1.29, 1.82) is 0 Å². The van der Waals surface area contributed by atoms with E-state index in [1.807, 2.05) is 0 Å². The standard InChI is InChI=1S/C16H16N4O6/c21-13(22)7-17-15(25)19-11-5-9-3-1-2-4-10(9)6-12(11)20-16(26)18-8-14(23)24/h1-6H,7-8H2,(H,21,22)(H,23,24)(H2,17,19,25)(H2,18,20,26). The van der Waals surface area contributed by atoms with Crippen molar-refractivity contribution in [3.8, 4) is 0 Å². The fourth-order valence-corrected chi connectivity index (χ4v) is 2.09. The summed E-state index contributed by atoms with van der Waals surface area (Å²) in [5.74, 6) is -2.41. The Morgan fingerprint density at radius 3 is 1.46 bits per heavy atom. The highest BCUT2D eigenvalue weighted by Gasteiger charge is 2.12. The van der Waals surface area contributed by atoms with Crippen molar-refractivity contribution in [2.24, 2.45) is 0 Å². The molecule has 2 aromatic carbocycles. The molecular formula is C16H16N4O6. The van der Waals surface area contributed by atoms with Gasteiger partial charge in [0.1, 0.15) is 13.1 Å². The highest BCUT2D eigenvalue weighted by atomic mass is 16.4. The summed E-state index contributed by atoms with van der Waals surface area (Å²) in [6.07, 6.45) is 0. The zero-order valence-electron chi connectivity index (χ0n) is 13.4. The number of rotatable bonds is 6. The summed E-state index contributed by atoms with van der Waals surface area (Å²) in [5.41, 5.74) is 0.439. The third-order valence-electron chi connectivity index (χ3n) is 3.18. The van der Waals surface area contributed by atoms with Gasteiger partial charge >= 0.3 is 24.0 Å². The number of carbonyl (C=O) groups excluding carboxylic acids is 2. The molecule has 0 saturated heterocycles. The second kappa shape index (κ2) is 8.33. The van der Waals surface area contributed by atoms with Gasteiger partial charge in [-0.05, 0) is 22.9 Å². The quantitative estimate of drug-likeness (QED) is 0.455. The maximum Gasteiger partial charge on any atom is 0.323 e. The molecule has 0 aliphatic rings. The smallest absolute Gasteiger partial charge is 0.323 e. The van der Waals surface area contributed by atoms with E-state index in [2.05, 4.69) is 21.3 Å². The lowest BCUT2D eigenvalue weighted by Gasteiger charge is -2.14. The lowest BCUT2D eigenvalue weighted by atomic mass is 10.1. The number of aliphatic carboxylic acids is 2. The number of anilines is 2. The minimum Gasteiger partial charge on any atom is -0.480 e. The molecule has 0 aliphatic carbocycles. The first-order valence-corrected chi connectivity index (χ1v) is 7.41. The molecule has 0 aromatic heterocycles. The van der Waals surface area contributed by atoms with Gasteiger partial charge in [0.15, 0.2) is 0 Å². The van der Waals surface area contributed by atoms with Gasteiger partial charge < -0.3 is 31.5 Å². The van der Waals surface area contributed by atoms with Crippen LogP contribution in [0.1, 0.15) is 0 Å². The van der Waals surface area contributed by atoms with Crippen molar-refractivity contribution in [3.05, 3.63) is 36.4 Å². The summed E-state index contributed by atoms with van der Waals surface area (Å²) < 4.78 is 0. The first-order valence-electron chi connectivity index (χ1n) is 7.41. The van der Waals surface area contributed by atoms with E-state index in [-0.39, 0.29) is 11.4 Å². The number of benzene rings is 2. The molecule has 0 unspecified atom stereocenters. The number of urea groups is 2. The van der Waals surface area contributed by atoms with Gasteiger partial charge in [-0.1, -0.05) is 24.3 Å². The van der Waals surface area contributed by atoms with E-state index in [9.17, 15) is 19.2 Å². The van der Waals surface area contributed by atoms with Crippen LogP contribution in [-0.4, -0.2) is 47.3 Å². The molecule has 0 aliphatic heterocycles. The molecule has 6 N–H and O–H groups in total. The average molecular weight is 360 g/mol. The predicted octanol–water partition coefficient (Wildman–Crippen LogP) is 1.25. The Bertz CT molecular complexity index is 796. The van der Waals surface area contributed by atoms with Crippen molar-refractivity contribution < 1.29 is 29.4 Å². The minimum absolute atomic E-state index is 0.220. The molecule has 0 bridgehead atoms. The number of fused-ring (bicyclic) bond motifs is 1. The topological polar surface area (TPSA) is 157 Å². The SMILES string of the molecule is O=C(O)CNC(=O)Nc1cc2ccccc2cc1NC(=O)NCC(=O)O. The Morgan fingerprint density at radius 2 is 1.12 bits per heavy atom. The summed E-state index contributed by atoms with van der Waals surface area (Å²) in [5, 5.41) is 27.9. The van der Waals surface area contributed by atoms with Crippen molar-refractivity contribution in [2.75, 3.05) is 23.7 Å². The molecular weight excluding hydrogens is 344 g/mol. The second-order valence-electron chi connectivity index (χ2n) is 5.15. The second-order valence-corrected chi connectivity index (χ2v) is 5.15. The molecule has 0 spiro atoms. The number of carbonyl (C=O) groups is 4. The Balaban J connectivity index is 2.24. The fourth-order valence-electron chi connectivity index (χ4n) is 2.09. The number of carboxylic acids is 2. The fraction of sp³-hybridized carbons (Fsp3) is 0.125. The van der Waals surface area contributed by atoms with E-state index in [1.54, 1.807) is 36.4 Å². The summed E-state index contributed by atoms with van der Waals surface area (Å²) in [6.45, 7) is -1.14. The molecule has 4 amide bonds. The molecule has 0 saturated carbocycles. The van der Waals surface area contributed by atoms with Crippen LogP contribution in [0.5, 0.6) is 0 Å². The van der Waals surface area contributed by atoms with Crippen molar-refractivity contribution in [1.82, 2.24) is 10.6 Å². The lowest BCUT2D eigenvalue weighted by molar-refractivity contribution is -0.136. The van der Waals surface area contributed by atoms with Crippen LogP contribution in [0.4, 0.5) is 21.0 Å². The van der Waals surface area contributed by atoms with Gasteiger partial charge in [0, 0.05) is 0 Å². The third-order valence-corrected chi connectivity index (χ3v) is 3.18. The van der Waals surface area contributed by atoms with Crippen LogP contribution in [0.3, 0.4) is 0 Å². The number of carboxylic acid groups (broad SMARTS) is 2. The number of amides is 4. The van der Waals surface area contributed by atoms with Crippen LogP contribution in [0.15, 0.2) is 36.4 Å². The van der Waals surface area contributed by atoms with Crippen LogP contribution in [0.25, 0.3) is 10.8 Å². The van der Waals surface area contributed by atoms with Crippen molar-refractivity contribution >= 4 is 46.1 Å². The Hall–Kier alpha value is -3.82. The normalized spacial score (nSPS) is 10.0. The first kappa shape index (κ1) is 18.5. The van der Waals surface area contributed by atoms with Gasteiger partial charge in [-0.2, -0.15) is 0 Å². The zero-order chi connectivity index (χ0) is 19.1. The van der Waals surface area contributed by atoms with Gasteiger partial charge in [-0.15, -0.1) is 0 Å². The third kappa shape index (κ3) is 5.37. The Morgan fingerprint density at radius 1 is 0.731 bits per heavy atom. The monoisotopic (exact) mass is 360 g/mol.